The number of esters is 3. The molecule has 0 aromatic rings. The lowest BCUT2D eigenvalue weighted by Gasteiger charge is -2.46. The minimum atomic E-state index is -1.47. The molecule has 6 atom stereocenters. The number of azide groups is 1. The number of carbonyl (C=O) groups excluding carboxylic acids is 4. The summed E-state index contributed by atoms with van der Waals surface area (Å²) >= 11 is 0.901. The van der Waals surface area contributed by atoms with E-state index in [1.54, 1.807) is 14.0 Å². The summed E-state index contributed by atoms with van der Waals surface area (Å²) in [4.78, 5) is 53.1. The molecular formula is C22H34N4O10S. The number of rotatable bonds is 10. The predicted octanol–water partition coefficient (Wildman–Crippen LogP) is 0.938. The van der Waals surface area contributed by atoms with Crippen molar-refractivity contribution in [1.82, 2.24) is 4.90 Å². The molecule has 2 fully saturated rings. The van der Waals surface area contributed by atoms with E-state index >= 15 is 0 Å². The summed E-state index contributed by atoms with van der Waals surface area (Å²) in [5.74, 6) is -2.50. The molecule has 0 bridgehead atoms. The monoisotopic (exact) mass is 546 g/mol. The molecule has 1 unspecified atom stereocenters. The molecule has 14 nitrogen and oxygen atoms in total. The molecule has 0 aromatic carbocycles. The third kappa shape index (κ3) is 8.20. The quantitative estimate of drug-likeness (QED) is 0.135. The number of nitrogens with zero attached hydrogens (tertiary/aromatic N) is 4. The minimum absolute atomic E-state index is 0.172. The Morgan fingerprint density at radius 1 is 1.14 bits per heavy atom. The fourth-order valence-corrected chi connectivity index (χ4v) is 5.71. The lowest BCUT2D eigenvalue weighted by Crippen LogP contribution is -2.61. The van der Waals surface area contributed by atoms with E-state index < -0.39 is 58.5 Å². The van der Waals surface area contributed by atoms with Gasteiger partial charge < -0.3 is 33.7 Å². The van der Waals surface area contributed by atoms with Gasteiger partial charge in [0, 0.05) is 65.3 Å². The van der Waals surface area contributed by atoms with E-state index in [0.29, 0.717) is 6.54 Å². The van der Waals surface area contributed by atoms with Gasteiger partial charge in [-0.15, -0.1) is 11.8 Å². The van der Waals surface area contributed by atoms with Gasteiger partial charge in [0.15, 0.2) is 0 Å². The number of ether oxygens (including phenoxy) is 5. The number of aliphatic hydroxyl groups is 1. The zero-order valence-corrected chi connectivity index (χ0v) is 22.3. The highest BCUT2D eigenvalue weighted by Gasteiger charge is 2.53. The van der Waals surface area contributed by atoms with Crippen LogP contribution >= 0.6 is 11.8 Å². The van der Waals surface area contributed by atoms with Crippen LogP contribution in [0.5, 0.6) is 0 Å². The van der Waals surface area contributed by atoms with E-state index in [1.165, 1.54) is 11.8 Å². The number of thioether (sulfide) groups is 1. The van der Waals surface area contributed by atoms with Crippen molar-refractivity contribution < 1.29 is 48.0 Å². The number of carbonyl (C=O) groups is 4. The van der Waals surface area contributed by atoms with Gasteiger partial charge in [-0.2, -0.15) is 0 Å². The zero-order chi connectivity index (χ0) is 27.8. The van der Waals surface area contributed by atoms with Crippen molar-refractivity contribution >= 4 is 35.6 Å². The normalized spacial score (nSPS) is 27.7. The van der Waals surface area contributed by atoms with E-state index in [2.05, 4.69) is 10.0 Å². The first-order chi connectivity index (χ1) is 17.4. The average molecular weight is 547 g/mol. The highest BCUT2D eigenvalue weighted by Crippen LogP contribution is 2.41. The van der Waals surface area contributed by atoms with Gasteiger partial charge in [-0.1, -0.05) is 5.11 Å². The fraction of sp³-hybridized carbons (Fsp3) is 0.818. The molecule has 2 aliphatic heterocycles. The Bertz CT molecular complexity index is 893. The predicted molar refractivity (Wildman–Crippen MR) is 129 cm³/mol. The molecule has 0 aromatic heterocycles. The molecule has 2 aliphatic rings. The molecule has 1 amide bonds. The Kier molecular flexibility index (Phi) is 11.4. The SMILES string of the molecule is CCN(C)C(=O)C(S[C@@H]1O[C@H](COC(C)=O)[C@H](OC(C)=O)[C@H](N=[N+]=[N-])[C@H]1OC(C)=O)C1(O)CCOCC1. The van der Waals surface area contributed by atoms with Crippen molar-refractivity contribution in [1.29, 1.82) is 0 Å². The van der Waals surface area contributed by atoms with Gasteiger partial charge in [0.25, 0.3) is 0 Å². The fourth-order valence-electron chi connectivity index (χ4n) is 4.08. The third-order valence-corrected chi connectivity index (χ3v) is 7.61. The van der Waals surface area contributed by atoms with Crippen molar-refractivity contribution in [2.75, 3.05) is 33.4 Å². The van der Waals surface area contributed by atoms with Crippen LogP contribution in [0.4, 0.5) is 0 Å². The molecule has 2 saturated heterocycles. The molecule has 0 spiro atoms. The molecule has 37 heavy (non-hydrogen) atoms. The Labute approximate surface area is 218 Å². The van der Waals surface area contributed by atoms with E-state index in [4.69, 9.17) is 23.7 Å². The molecule has 208 valence electrons. The van der Waals surface area contributed by atoms with Crippen LogP contribution in [0.25, 0.3) is 10.4 Å². The van der Waals surface area contributed by atoms with Crippen LogP contribution in [0.2, 0.25) is 0 Å². The zero-order valence-electron chi connectivity index (χ0n) is 21.5. The maximum Gasteiger partial charge on any atom is 0.303 e. The lowest BCUT2D eigenvalue weighted by atomic mass is 9.89. The van der Waals surface area contributed by atoms with Gasteiger partial charge in [0.2, 0.25) is 5.91 Å². The molecule has 15 heteroatoms. The van der Waals surface area contributed by atoms with Crippen molar-refractivity contribution in [2.45, 2.75) is 81.2 Å². The first-order valence-corrected chi connectivity index (χ1v) is 12.8. The van der Waals surface area contributed by atoms with E-state index in [9.17, 15) is 29.8 Å². The summed E-state index contributed by atoms with van der Waals surface area (Å²) < 4.78 is 27.4. The lowest BCUT2D eigenvalue weighted by molar-refractivity contribution is -0.201. The second-order valence-corrected chi connectivity index (χ2v) is 9.98. The van der Waals surface area contributed by atoms with Crippen LogP contribution in [0, 0.1) is 0 Å². The van der Waals surface area contributed by atoms with Crippen LogP contribution in [0.15, 0.2) is 5.11 Å². The Morgan fingerprint density at radius 3 is 2.24 bits per heavy atom. The van der Waals surface area contributed by atoms with Gasteiger partial charge >= 0.3 is 17.9 Å². The van der Waals surface area contributed by atoms with Crippen molar-refractivity contribution in [3.05, 3.63) is 10.4 Å². The summed E-state index contributed by atoms with van der Waals surface area (Å²) in [6.07, 6.45) is -3.36. The standard InChI is InChI=1S/C22H34N4O10S/c1-6-26(5)20(30)19(22(31)7-9-32-10-8-22)37-21-18(35-14(4)29)16(24-25-23)17(34-13(3)28)15(36-21)11-33-12(2)27/h15-19,21,31H,6-11H2,1-5H3/t15-,16+,17+,18-,19?,21+/m1/s1. The first-order valence-electron chi connectivity index (χ1n) is 11.8. The number of amides is 1. The highest BCUT2D eigenvalue weighted by atomic mass is 32.2. The molecule has 2 heterocycles. The summed E-state index contributed by atoms with van der Waals surface area (Å²) in [6, 6.07) is -1.28. The van der Waals surface area contributed by atoms with Gasteiger partial charge in [0.05, 0.1) is 5.60 Å². The molecular weight excluding hydrogens is 512 g/mol. The Balaban J connectivity index is 2.54. The van der Waals surface area contributed by atoms with Crippen LogP contribution in [-0.4, -0.2) is 108 Å². The van der Waals surface area contributed by atoms with Gasteiger partial charge in [-0.05, 0) is 12.5 Å². The molecule has 0 radical (unpaired) electrons. The van der Waals surface area contributed by atoms with Crippen LogP contribution in [0.3, 0.4) is 0 Å². The van der Waals surface area contributed by atoms with E-state index in [1.807, 2.05) is 0 Å². The third-order valence-electron chi connectivity index (χ3n) is 6.05. The van der Waals surface area contributed by atoms with E-state index in [0.717, 1.165) is 25.6 Å². The van der Waals surface area contributed by atoms with Crippen LogP contribution < -0.4 is 0 Å². The second kappa shape index (κ2) is 13.8. The largest absolute Gasteiger partial charge is 0.463 e. The van der Waals surface area contributed by atoms with Crippen molar-refractivity contribution in [3.63, 3.8) is 0 Å². The molecule has 1 N–H and O–H groups in total. The van der Waals surface area contributed by atoms with Gasteiger partial charge in [-0.25, -0.2) is 0 Å². The summed E-state index contributed by atoms with van der Waals surface area (Å²) in [6.45, 7) is 5.70. The van der Waals surface area contributed by atoms with Crippen LogP contribution in [0.1, 0.15) is 40.5 Å². The minimum Gasteiger partial charge on any atom is -0.463 e. The van der Waals surface area contributed by atoms with Crippen LogP contribution in [-0.2, 0) is 42.9 Å². The smallest absolute Gasteiger partial charge is 0.303 e. The summed E-state index contributed by atoms with van der Waals surface area (Å²) in [5, 5.41) is 14.1. The van der Waals surface area contributed by atoms with Gasteiger partial charge in [0.1, 0.15) is 41.6 Å². The first kappa shape index (κ1) is 30.6. The van der Waals surface area contributed by atoms with Crippen molar-refractivity contribution in [3.8, 4) is 0 Å². The Morgan fingerprint density at radius 2 is 1.73 bits per heavy atom. The number of hydrogen-bond acceptors (Lipinski definition) is 12. The van der Waals surface area contributed by atoms with Crippen molar-refractivity contribution in [2.24, 2.45) is 5.11 Å². The summed E-state index contributed by atoms with van der Waals surface area (Å²) in [7, 11) is 1.59. The maximum absolute atomic E-state index is 13.4. The topological polar surface area (TPSA) is 187 Å². The second-order valence-electron chi connectivity index (χ2n) is 8.77. The average Bonchev–Trinajstić information content (AvgIpc) is 2.83. The molecule has 0 aliphatic carbocycles. The number of hydrogen-bond donors (Lipinski definition) is 1. The Hall–Kier alpha value is -2.58. The van der Waals surface area contributed by atoms with Gasteiger partial charge in [-0.3, -0.25) is 19.2 Å². The maximum atomic E-state index is 13.4. The molecule has 0 saturated carbocycles. The molecule has 2 rings (SSSR count). The highest BCUT2D eigenvalue weighted by molar-refractivity contribution is 8.01. The van der Waals surface area contributed by atoms with E-state index in [-0.39, 0.29) is 38.6 Å². The summed E-state index contributed by atoms with van der Waals surface area (Å²) in [5.41, 5.74) is 6.62.